The van der Waals surface area contributed by atoms with Crippen LogP contribution in [0.25, 0.3) is 0 Å². The van der Waals surface area contributed by atoms with Gasteiger partial charge in [0.15, 0.2) is 0 Å². The number of nitrogens with two attached hydrogens (primary N) is 1. The smallest absolute Gasteiger partial charge is 0.411 e. The Morgan fingerprint density at radius 2 is 1.82 bits per heavy atom. The highest BCUT2D eigenvalue weighted by atomic mass is 16.6. The van der Waals surface area contributed by atoms with Crippen molar-refractivity contribution in [1.29, 1.82) is 0 Å². The standard InChI is InChI=1S/C16H33N3O3/c1-6-8-9-10-11-18-14(20)13(12-17)19(7-2)15(21)22-16(3,4)5/h13H,6-12,17H2,1-5H3,(H,18,20)/t13-/m0/s1. The van der Waals surface area contributed by atoms with Gasteiger partial charge in [0, 0.05) is 19.6 Å². The van der Waals surface area contributed by atoms with Crippen LogP contribution in [0, 0.1) is 0 Å². The second kappa shape index (κ2) is 10.4. The maximum atomic E-state index is 12.2. The van der Waals surface area contributed by atoms with E-state index in [-0.39, 0.29) is 12.5 Å². The van der Waals surface area contributed by atoms with E-state index in [1.54, 1.807) is 27.7 Å². The van der Waals surface area contributed by atoms with Crippen LogP contribution in [0.15, 0.2) is 0 Å². The minimum Gasteiger partial charge on any atom is -0.444 e. The normalized spacial score (nSPS) is 12.6. The van der Waals surface area contributed by atoms with Crippen molar-refractivity contribution in [3.05, 3.63) is 0 Å². The third kappa shape index (κ3) is 8.22. The fraction of sp³-hybridized carbons (Fsp3) is 0.875. The third-order valence-corrected chi connectivity index (χ3v) is 3.20. The van der Waals surface area contributed by atoms with Gasteiger partial charge >= 0.3 is 6.09 Å². The molecule has 0 bridgehead atoms. The number of rotatable bonds is 9. The quantitative estimate of drug-likeness (QED) is 0.639. The zero-order valence-electron chi connectivity index (χ0n) is 14.8. The Hall–Kier alpha value is -1.30. The molecular weight excluding hydrogens is 282 g/mol. The Balaban J connectivity index is 4.54. The monoisotopic (exact) mass is 315 g/mol. The highest BCUT2D eigenvalue weighted by Gasteiger charge is 2.30. The van der Waals surface area contributed by atoms with E-state index in [0.717, 1.165) is 25.7 Å². The Morgan fingerprint density at radius 1 is 1.18 bits per heavy atom. The molecule has 0 aromatic heterocycles. The summed E-state index contributed by atoms with van der Waals surface area (Å²) in [4.78, 5) is 25.8. The van der Waals surface area contributed by atoms with Gasteiger partial charge in [-0.1, -0.05) is 26.2 Å². The molecule has 130 valence electrons. The van der Waals surface area contributed by atoms with Crippen LogP contribution in [0.1, 0.15) is 60.3 Å². The predicted molar refractivity (Wildman–Crippen MR) is 88.6 cm³/mol. The number of unbranched alkanes of at least 4 members (excludes halogenated alkanes) is 3. The topological polar surface area (TPSA) is 84.7 Å². The summed E-state index contributed by atoms with van der Waals surface area (Å²) in [6, 6.07) is -0.689. The van der Waals surface area contributed by atoms with Crippen LogP contribution < -0.4 is 11.1 Å². The van der Waals surface area contributed by atoms with Crippen LogP contribution in [0.5, 0.6) is 0 Å². The van der Waals surface area contributed by atoms with Gasteiger partial charge in [0.05, 0.1) is 0 Å². The molecule has 6 heteroatoms. The minimum atomic E-state index is -0.689. The number of likely N-dealkylation sites (N-methyl/N-ethyl adjacent to an activating group) is 1. The van der Waals surface area contributed by atoms with Crippen LogP contribution in [-0.2, 0) is 9.53 Å². The molecule has 0 rings (SSSR count). The molecule has 6 nitrogen and oxygen atoms in total. The SMILES string of the molecule is CCCCCCNC(=O)[C@H](CN)N(CC)C(=O)OC(C)(C)C. The molecule has 1 atom stereocenters. The third-order valence-electron chi connectivity index (χ3n) is 3.20. The summed E-state index contributed by atoms with van der Waals surface area (Å²) in [6.45, 7) is 10.4. The number of carbonyl (C=O) groups is 2. The first-order valence-corrected chi connectivity index (χ1v) is 8.24. The number of nitrogens with zero attached hydrogens (tertiary/aromatic N) is 1. The van der Waals surface area contributed by atoms with E-state index in [0.29, 0.717) is 13.1 Å². The van der Waals surface area contributed by atoms with Gasteiger partial charge in [-0.3, -0.25) is 9.69 Å². The first-order chi connectivity index (χ1) is 10.3. The van der Waals surface area contributed by atoms with E-state index in [9.17, 15) is 9.59 Å². The van der Waals surface area contributed by atoms with Crippen molar-refractivity contribution in [2.45, 2.75) is 71.9 Å². The van der Waals surface area contributed by atoms with Crippen molar-refractivity contribution >= 4 is 12.0 Å². The summed E-state index contributed by atoms with van der Waals surface area (Å²) in [7, 11) is 0. The fourth-order valence-corrected chi connectivity index (χ4v) is 2.05. The number of hydrogen-bond acceptors (Lipinski definition) is 4. The van der Waals surface area contributed by atoms with E-state index < -0.39 is 17.7 Å². The number of carbonyl (C=O) groups excluding carboxylic acids is 2. The van der Waals surface area contributed by atoms with Crippen LogP contribution in [0.4, 0.5) is 4.79 Å². The molecule has 0 saturated carbocycles. The van der Waals surface area contributed by atoms with Crippen LogP contribution in [0.2, 0.25) is 0 Å². The molecule has 22 heavy (non-hydrogen) atoms. The lowest BCUT2D eigenvalue weighted by atomic mass is 10.2. The van der Waals surface area contributed by atoms with Gasteiger partial charge in [0.1, 0.15) is 11.6 Å². The summed E-state index contributed by atoms with van der Waals surface area (Å²) < 4.78 is 5.33. The average Bonchev–Trinajstić information content (AvgIpc) is 2.41. The maximum Gasteiger partial charge on any atom is 0.411 e. The van der Waals surface area contributed by atoms with Gasteiger partial charge in [0.25, 0.3) is 0 Å². The molecule has 0 fully saturated rings. The summed E-state index contributed by atoms with van der Waals surface area (Å²) in [6.07, 6.45) is 3.84. The van der Waals surface area contributed by atoms with Gasteiger partial charge in [-0.2, -0.15) is 0 Å². The van der Waals surface area contributed by atoms with Crippen molar-refractivity contribution in [3.63, 3.8) is 0 Å². The molecule has 0 unspecified atom stereocenters. The highest BCUT2D eigenvalue weighted by molar-refractivity contribution is 5.86. The molecule has 3 N–H and O–H groups in total. The number of amides is 2. The Kier molecular flexibility index (Phi) is 9.81. The van der Waals surface area contributed by atoms with Crippen molar-refractivity contribution in [2.24, 2.45) is 5.73 Å². The van der Waals surface area contributed by atoms with Gasteiger partial charge in [0.2, 0.25) is 5.91 Å². The molecule has 0 aliphatic rings. The second-order valence-corrected chi connectivity index (χ2v) is 6.37. The Morgan fingerprint density at radius 3 is 2.27 bits per heavy atom. The van der Waals surface area contributed by atoms with Crippen LogP contribution >= 0.6 is 0 Å². The molecular formula is C16H33N3O3. The van der Waals surface area contributed by atoms with Crippen molar-refractivity contribution < 1.29 is 14.3 Å². The molecule has 0 heterocycles. The first-order valence-electron chi connectivity index (χ1n) is 8.24. The first kappa shape index (κ1) is 20.7. The predicted octanol–water partition coefficient (Wildman–Crippen LogP) is 2.27. The Bertz CT molecular complexity index is 340. The largest absolute Gasteiger partial charge is 0.444 e. The van der Waals surface area contributed by atoms with Crippen molar-refractivity contribution in [3.8, 4) is 0 Å². The van der Waals surface area contributed by atoms with Gasteiger partial charge in [-0.05, 0) is 34.1 Å². The number of hydrogen-bond donors (Lipinski definition) is 2. The lowest BCUT2D eigenvalue weighted by molar-refractivity contribution is -0.126. The molecule has 0 spiro atoms. The van der Waals surface area contributed by atoms with E-state index in [4.69, 9.17) is 10.5 Å². The minimum absolute atomic E-state index is 0.0773. The fourth-order valence-electron chi connectivity index (χ4n) is 2.05. The van der Waals surface area contributed by atoms with Crippen molar-refractivity contribution in [2.75, 3.05) is 19.6 Å². The van der Waals surface area contributed by atoms with Crippen LogP contribution in [0.3, 0.4) is 0 Å². The van der Waals surface area contributed by atoms with Gasteiger partial charge in [-0.25, -0.2) is 4.79 Å². The van der Waals surface area contributed by atoms with Gasteiger partial charge in [-0.15, -0.1) is 0 Å². The Labute approximate surface area is 134 Å². The van der Waals surface area contributed by atoms with Crippen molar-refractivity contribution in [1.82, 2.24) is 10.2 Å². The summed E-state index contributed by atoms with van der Waals surface area (Å²) in [5, 5.41) is 2.86. The summed E-state index contributed by atoms with van der Waals surface area (Å²) in [5.41, 5.74) is 5.10. The summed E-state index contributed by atoms with van der Waals surface area (Å²) >= 11 is 0. The molecule has 0 aliphatic heterocycles. The molecule has 0 aromatic rings. The molecule has 0 aromatic carbocycles. The lowest BCUT2D eigenvalue weighted by Crippen LogP contribution is -2.54. The number of ether oxygens (including phenoxy) is 1. The van der Waals surface area contributed by atoms with Gasteiger partial charge < -0.3 is 15.8 Å². The van der Waals surface area contributed by atoms with E-state index >= 15 is 0 Å². The van der Waals surface area contributed by atoms with E-state index in [1.807, 2.05) is 0 Å². The molecule has 2 amide bonds. The zero-order chi connectivity index (χ0) is 17.2. The van der Waals surface area contributed by atoms with E-state index in [2.05, 4.69) is 12.2 Å². The highest BCUT2D eigenvalue weighted by Crippen LogP contribution is 2.12. The summed E-state index contributed by atoms with van der Waals surface area (Å²) in [5.74, 6) is -0.216. The van der Waals surface area contributed by atoms with E-state index in [1.165, 1.54) is 4.90 Å². The lowest BCUT2D eigenvalue weighted by Gasteiger charge is -2.31. The van der Waals surface area contributed by atoms with Crippen LogP contribution in [-0.4, -0.2) is 48.2 Å². The second-order valence-electron chi connectivity index (χ2n) is 6.37. The number of nitrogens with one attached hydrogen (secondary N) is 1. The molecule has 0 saturated heterocycles. The molecule has 0 aliphatic carbocycles. The molecule has 0 radical (unpaired) electrons. The average molecular weight is 315 g/mol. The zero-order valence-corrected chi connectivity index (χ0v) is 14.8. The maximum absolute atomic E-state index is 12.2.